The Morgan fingerprint density at radius 2 is 2.12 bits per heavy atom. The average Bonchev–Trinajstić information content (AvgIpc) is 3.11. The number of ether oxygens (including phenoxy) is 2. The lowest BCUT2D eigenvalue weighted by Gasteiger charge is -2.28. The Kier molecular flexibility index (Phi) is 5.94. The molecule has 0 unspecified atom stereocenters. The van der Waals surface area contributed by atoms with Gasteiger partial charge in [-0.2, -0.15) is 0 Å². The molecule has 3 rings (SSSR count). The highest BCUT2D eigenvalue weighted by molar-refractivity contribution is 5.96. The molecule has 1 aliphatic rings. The summed E-state index contributed by atoms with van der Waals surface area (Å²) in [5.41, 5.74) is 1.81. The van der Waals surface area contributed by atoms with E-state index in [1.807, 2.05) is 35.0 Å². The zero-order valence-corrected chi connectivity index (χ0v) is 15.4. The summed E-state index contributed by atoms with van der Waals surface area (Å²) >= 11 is 0. The van der Waals surface area contributed by atoms with Crippen LogP contribution in [0.5, 0.6) is 5.75 Å². The van der Waals surface area contributed by atoms with Gasteiger partial charge in [-0.3, -0.25) is 4.79 Å². The number of imidazole rings is 1. The van der Waals surface area contributed by atoms with Gasteiger partial charge in [0.2, 0.25) is 0 Å². The first-order valence-electron chi connectivity index (χ1n) is 8.98. The van der Waals surface area contributed by atoms with Gasteiger partial charge in [-0.1, -0.05) is 25.5 Å². The van der Waals surface area contributed by atoms with E-state index in [2.05, 4.69) is 11.9 Å². The van der Waals surface area contributed by atoms with Crippen molar-refractivity contribution in [3.63, 3.8) is 0 Å². The molecule has 26 heavy (non-hydrogen) atoms. The largest absolute Gasteiger partial charge is 0.497 e. The molecule has 0 bridgehead atoms. The predicted octanol–water partition coefficient (Wildman–Crippen LogP) is 3.09. The van der Waals surface area contributed by atoms with E-state index in [-0.39, 0.29) is 5.91 Å². The second kappa shape index (κ2) is 8.56. The average molecular weight is 355 g/mol. The second-order valence-corrected chi connectivity index (χ2v) is 6.32. The number of aryl methyl sites for hydroxylation is 1. The molecule has 1 amide bonds. The molecule has 0 spiro atoms. The molecule has 138 valence electrons. The Labute approximate surface area is 154 Å². The number of aromatic nitrogens is 2. The van der Waals surface area contributed by atoms with Gasteiger partial charge in [-0.05, 0) is 24.1 Å². The fraction of sp³-hybridized carbons (Fsp3) is 0.400. The summed E-state index contributed by atoms with van der Waals surface area (Å²) in [6.45, 7) is 4.71. The van der Waals surface area contributed by atoms with Crippen LogP contribution in [0.1, 0.15) is 31.0 Å². The van der Waals surface area contributed by atoms with Gasteiger partial charge in [0, 0.05) is 25.4 Å². The lowest BCUT2D eigenvalue weighted by molar-refractivity contribution is -0.136. The van der Waals surface area contributed by atoms with Gasteiger partial charge < -0.3 is 18.9 Å². The Morgan fingerprint density at radius 3 is 2.85 bits per heavy atom. The number of methoxy groups -OCH3 is 1. The summed E-state index contributed by atoms with van der Waals surface area (Å²) in [7, 11) is 1.64. The van der Waals surface area contributed by atoms with Crippen LogP contribution < -0.4 is 4.74 Å². The molecular formula is C20H25N3O3. The van der Waals surface area contributed by atoms with E-state index < -0.39 is 0 Å². The zero-order chi connectivity index (χ0) is 18.4. The number of amides is 1. The molecule has 0 atom stereocenters. The van der Waals surface area contributed by atoms with E-state index in [1.54, 1.807) is 24.4 Å². The fourth-order valence-electron chi connectivity index (χ4n) is 2.84. The molecule has 0 N–H and O–H groups in total. The summed E-state index contributed by atoms with van der Waals surface area (Å²) in [6, 6.07) is 7.75. The Balaban J connectivity index is 1.67. The highest BCUT2D eigenvalue weighted by Gasteiger charge is 2.25. The number of rotatable bonds is 7. The molecule has 2 aromatic rings. The van der Waals surface area contributed by atoms with Gasteiger partial charge in [0.25, 0.3) is 5.91 Å². The van der Waals surface area contributed by atoms with Crippen molar-refractivity contribution in [1.29, 1.82) is 0 Å². The van der Waals surface area contributed by atoms with Crippen LogP contribution in [0.3, 0.4) is 0 Å². The predicted molar refractivity (Wildman–Crippen MR) is 99.5 cm³/mol. The number of hydrogen-bond acceptors (Lipinski definition) is 4. The molecule has 0 radical (unpaired) electrons. The molecule has 1 fully saturated rings. The molecule has 1 aromatic heterocycles. The molecular weight excluding hydrogens is 330 g/mol. The first kappa shape index (κ1) is 18.0. The Hall–Kier alpha value is -2.76. The number of nitrogens with zero attached hydrogens (tertiary/aromatic N) is 3. The van der Waals surface area contributed by atoms with Crippen molar-refractivity contribution in [2.75, 3.05) is 20.3 Å². The summed E-state index contributed by atoms with van der Waals surface area (Å²) in [5, 5.41) is 0. The maximum Gasteiger partial charge on any atom is 0.289 e. The second-order valence-electron chi connectivity index (χ2n) is 6.32. The molecule has 6 heteroatoms. The maximum atomic E-state index is 12.7. The summed E-state index contributed by atoms with van der Waals surface area (Å²) < 4.78 is 12.8. The van der Waals surface area contributed by atoms with Crippen molar-refractivity contribution in [3.05, 3.63) is 53.8 Å². The van der Waals surface area contributed by atoms with E-state index in [1.165, 1.54) is 0 Å². The first-order valence-corrected chi connectivity index (χ1v) is 8.98. The van der Waals surface area contributed by atoms with E-state index in [0.717, 1.165) is 36.4 Å². The van der Waals surface area contributed by atoms with E-state index in [9.17, 15) is 4.79 Å². The fourth-order valence-corrected chi connectivity index (χ4v) is 2.84. The van der Waals surface area contributed by atoms with Crippen LogP contribution in [0.4, 0.5) is 0 Å². The Morgan fingerprint density at radius 1 is 1.31 bits per heavy atom. The van der Waals surface area contributed by atoms with Crippen LogP contribution in [0.2, 0.25) is 0 Å². The number of carbonyl (C=O) groups excluding carboxylic acids is 1. The molecule has 1 saturated heterocycles. The molecule has 0 saturated carbocycles. The van der Waals surface area contributed by atoms with Crippen LogP contribution >= 0.6 is 0 Å². The quantitative estimate of drug-likeness (QED) is 0.716. The van der Waals surface area contributed by atoms with Crippen molar-refractivity contribution in [1.82, 2.24) is 14.5 Å². The third kappa shape index (κ3) is 4.45. The number of morpholine rings is 1. The van der Waals surface area contributed by atoms with Crippen LogP contribution in [0.25, 0.3) is 6.08 Å². The molecule has 1 aromatic carbocycles. The highest BCUT2D eigenvalue weighted by atomic mass is 16.5. The van der Waals surface area contributed by atoms with E-state index in [4.69, 9.17) is 9.47 Å². The third-order valence-electron chi connectivity index (χ3n) is 4.35. The van der Waals surface area contributed by atoms with E-state index >= 15 is 0 Å². The summed E-state index contributed by atoms with van der Waals surface area (Å²) in [5.74, 6) is 1.06. The van der Waals surface area contributed by atoms with Gasteiger partial charge in [0.1, 0.15) is 12.4 Å². The smallest absolute Gasteiger partial charge is 0.289 e. The molecule has 0 aliphatic carbocycles. The standard InChI is InChI=1S/C20H25N3O3/c1-3-4-9-22-14-17(21-15-22)12-19-20(24)23(10-11-26-19)13-16-5-7-18(25-2)8-6-16/h5-8,12,14-15H,3-4,9-11,13H2,1-2H3/b19-12+. The van der Waals surface area contributed by atoms with Crippen molar-refractivity contribution in [2.45, 2.75) is 32.9 Å². The minimum absolute atomic E-state index is 0.102. The number of unbranched alkanes of at least 4 members (excludes halogenated alkanes) is 1. The van der Waals surface area contributed by atoms with Gasteiger partial charge in [0.15, 0.2) is 5.76 Å². The van der Waals surface area contributed by atoms with Gasteiger partial charge in [0.05, 0.1) is 25.7 Å². The van der Waals surface area contributed by atoms with Gasteiger partial charge in [-0.25, -0.2) is 4.98 Å². The van der Waals surface area contributed by atoms with Crippen molar-refractivity contribution < 1.29 is 14.3 Å². The highest BCUT2D eigenvalue weighted by Crippen LogP contribution is 2.18. The first-order chi connectivity index (χ1) is 12.7. The van der Waals surface area contributed by atoms with Crippen molar-refractivity contribution >= 4 is 12.0 Å². The SMILES string of the molecule is CCCCn1cnc(/C=C2/OCCN(Cc3ccc(OC)cc3)C2=O)c1. The van der Waals surface area contributed by atoms with Gasteiger partial charge in [-0.15, -0.1) is 0 Å². The van der Waals surface area contributed by atoms with Crippen LogP contribution in [-0.4, -0.2) is 40.6 Å². The minimum atomic E-state index is -0.102. The van der Waals surface area contributed by atoms with Crippen LogP contribution in [0, 0.1) is 0 Å². The van der Waals surface area contributed by atoms with Crippen molar-refractivity contribution in [3.8, 4) is 5.75 Å². The molecule has 6 nitrogen and oxygen atoms in total. The normalized spacial score (nSPS) is 16.0. The topological polar surface area (TPSA) is 56.6 Å². The lowest BCUT2D eigenvalue weighted by Crippen LogP contribution is -2.39. The maximum absolute atomic E-state index is 12.7. The minimum Gasteiger partial charge on any atom is -0.497 e. The monoisotopic (exact) mass is 355 g/mol. The summed E-state index contributed by atoms with van der Waals surface area (Å²) in [4.78, 5) is 18.9. The number of benzene rings is 1. The molecule has 2 heterocycles. The molecule has 1 aliphatic heterocycles. The lowest BCUT2D eigenvalue weighted by atomic mass is 10.2. The van der Waals surface area contributed by atoms with Crippen LogP contribution in [-0.2, 0) is 22.6 Å². The Bertz CT molecular complexity index is 765. The van der Waals surface area contributed by atoms with Gasteiger partial charge >= 0.3 is 0 Å². The third-order valence-corrected chi connectivity index (χ3v) is 4.35. The van der Waals surface area contributed by atoms with Crippen molar-refractivity contribution in [2.24, 2.45) is 0 Å². The zero-order valence-electron chi connectivity index (χ0n) is 15.4. The number of carbonyl (C=O) groups is 1. The summed E-state index contributed by atoms with van der Waals surface area (Å²) in [6.07, 6.45) is 7.71. The van der Waals surface area contributed by atoms with Crippen LogP contribution in [0.15, 0.2) is 42.5 Å². The van der Waals surface area contributed by atoms with E-state index in [0.29, 0.717) is 25.5 Å². The number of hydrogen-bond donors (Lipinski definition) is 0.